The van der Waals surface area contributed by atoms with E-state index in [-0.39, 0.29) is 5.97 Å². The van der Waals surface area contributed by atoms with Gasteiger partial charge in [-0.05, 0) is 43.8 Å². The number of hydrogen-bond acceptors (Lipinski definition) is 3. The Hall–Kier alpha value is -2.07. The average molecular weight is 258 g/mol. The van der Waals surface area contributed by atoms with E-state index in [0.717, 1.165) is 29.4 Å². The summed E-state index contributed by atoms with van der Waals surface area (Å²) in [5, 5.41) is 3.97. The molecule has 4 nitrogen and oxygen atoms in total. The molecule has 1 aromatic carbocycles. The van der Waals surface area contributed by atoms with Crippen molar-refractivity contribution >= 4 is 22.9 Å². The standard InChI is InChI=1S/C15H18N2O2/c1-16-7-4-3-5-11-9-13(15(18)19-2)12-6-8-17-14(12)10-11/h3,5-6,8-10,16-17H,4,7H2,1-2H3. The number of methoxy groups -OCH3 is 1. The van der Waals surface area contributed by atoms with Gasteiger partial charge in [-0.3, -0.25) is 0 Å². The minimum Gasteiger partial charge on any atom is -0.465 e. The summed E-state index contributed by atoms with van der Waals surface area (Å²) in [6.45, 7) is 0.936. The topological polar surface area (TPSA) is 54.1 Å². The van der Waals surface area contributed by atoms with Crippen LogP contribution in [0, 0.1) is 0 Å². The highest BCUT2D eigenvalue weighted by atomic mass is 16.5. The van der Waals surface area contributed by atoms with Crippen LogP contribution >= 0.6 is 0 Å². The molecule has 0 aliphatic heterocycles. The van der Waals surface area contributed by atoms with Crippen LogP contribution in [-0.2, 0) is 4.74 Å². The lowest BCUT2D eigenvalue weighted by Gasteiger charge is -2.03. The molecule has 1 aromatic heterocycles. The third-order valence-electron chi connectivity index (χ3n) is 2.97. The second-order valence-electron chi connectivity index (χ2n) is 4.29. The number of hydrogen-bond donors (Lipinski definition) is 2. The lowest BCUT2D eigenvalue weighted by atomic mass is 10.1. The molecule has 0 bridgehead atoms. The maximum Gasteiger partial charge on any atom is 0.338 e. The van der Waals surface area contributed by atoms with Gasteiger partial charge in [-0.1, -0.05) is 12.2 Å². The molecule has 0 spiro atoms. The van der Waals surface area contributed by atoms with Crippen LogP contribution < -0.4 is 5.32 Å². The van der Waals surface area contributed by atoms with Gasteiger partial charge in [0, 0.05) is 17.1 Å². The summed E-state index contributed by atoms with van der Waals surface area (Å²) in [4.78, 5) is 14.9. The Bertz CT molecular complexity index is 599. The van der Waals surface area contributed by atoms with Crippen LogP contribution in [0.5, 0.6) is 0 Å². The largest absolute Gasteiger partial charge is 0.465 e. The van der Waals surface area contributed by atoms with Crippen LogP contribution in [0.2, 0.25) is 0 Å². The average Bonchev–Trinajstić information content (AvgIpc) is 2.90. The number of aromatic amines is 1. The lowest BCUT2D eigenvalue weighted by Crippen LogP contribution is -2.05. The first-order valence-electron chi connectivity index (χ1n) is 6.27. The van der Waals surface area contributed by atoms with Gasteiger partial charge in [0.25, 0.3) is 0 Å². The quantitative estimate of drug-likeness (QED) is 0.640. The van der Waals surface area contributed by atoms with Crippen molar-refractivity contribution in [3.8, 4) is 0 Å². The predicted octanol–water partition coefficient (Wildman–Crippen LogP) is 2.58. The molecule has 100 valence electrons. The van der Waals surface area contributed by atoms with Gasteiger partial charge < -0.3 is 15.0 Å². The molecule has 0 fully saturated rings. The number of nitrogens with one attached hydrogen (secondary N) is 2. The van der Waals surface area contributed by atoms with E-state index >= 15 is 0 Å². The van der Waals surface area contributed by atoms with Crippen molar-refractivity contribution in [2.24, 2.45) is 0 Å². The highest BCUT2D eigenvalue weighted by Crippen LogP contribution is 2.22. The highest BCUT2D eigenvalue weighted by molar-refractivity contribution is 6.04. The highest BCUT2D eigenvalue weighted by Gasteiger charge is 2.11. The van der Waals surface area contributed by atoms with E-state index in [0.29, 0.717) is 5.56 Å². The number of aromatic nitrogens is 1. The van der Waals surface area contributed by atoms with E-state index in [1.165, 1.54) is 7.11 Å². The number of fused-ring (bicyclic) bond motifs is 1. The van der Waals surface area contributed by atoms with E-state index in [1.807, 2.05) is 37.5 Å². The van der Waals surface area contributed by atoms with E-state index in [9.17, 15) is 4.79 Å². The number of rotatable bonds is 5. The van der Waals surface area contributed by atoms with Crippen LogP contribution in [0.25, 0.3) is 17.0 Å². The van der Waals surface area contributed by atoms with E-state index in [2.05, 4.69) is 16.4 Å². The maximum absolute atomic E-state index is 11.8. The molecule has 0 amide bonds. The Morgan fingerprint density at radius 3 is 3.05 bits per heavy atom. The Balaban J connectivity index is 2.35. The van der Waals surface area contributed by atoms with Crippen molar-refractivity contribution in [2.75, 3.05) is 20.7 Å². The molecule has 2 rings (SSSR count). The molecule has 0 aliphatic rings. The summed E-state index contributed by atoms with van der Waals surface area (Å²) in [7, 11) is 3.32. The van der Waals surface area contributed by atoms with Gasteiger partial charge >= 0.3 is 5.97 Å². The van der Waals surface area contributed by atoms with Crippen LogP contribution in [-0.4, -0.2) is 31.7 Å². The first-order valence-corrected chi connectivity index (χ1v) is 6.27. The lowest BCUT2D eigenvalue weighted by molar-refractivity contribution is 0.0603. The van der Waals surface area contributed by atoms with Gasteiger partial charge in [0.1, 0.15) is 0 Å². The predicted molar refractivity (Wildman–Crippen MR) is 77.2 cm³/mol. The Labute approximate surface area is 112 Å². The second-order valence-corrected chi connectivity index (χ2v) is 4.29. The number of H-pyrrole nitrogens is 1. The summed E-state index contributed by atoms with van der Waals surface area (Å²) in [5.74, 6) is -0.310. The molecule has 0 unspecified atom stereocenters. The second kappa shape index (κ2) is 6.20. The number of esters is 1. The van der Waals surface area contributed by atoms with Crippen molar-refractivity contribution in [3.63, 3.8) is 0 Å². The van der Waals surface area contributed by atoms with Gasteiger partial charge in [0.15, 0.2) is 0 Å². The van der Waals surface area contributed by atoms with Crippen molar-refractivity contribution in [1.82, 2.24) is 10.3 Å². The van der Waals surface area contributed by atoms with Crippen molar-refractivity contribution in [2.45, 2.75) is 6.42 Å². The molecule has 2 N–H and O–H groups in total. The molecule has 0 saturated carbocycles. The van der Waals surface area contributed by atoms with E-state index < -0.39 is 0 Å². The molecular weight excluding hydrogens is 240 g/mol. The molecule has 0 atom stereocenters. The fourth-order valence-electron chi connectivity index (χ4n) is 2.01. The van der Waals surface area contributed by atoms with E-state index in [4.69, 9.17) is 4.74 Å². The zero-order chi connectivity index (χ0) is 13.7. The molecule has 1 heterocycles. The first kappa shape index (κ1) is 13.4. The fraction of sp³-hybridized carbons (Fsp3) is 0.267. The monoisotopic (exact) mass is 258 g/mol. The SMILES string of the molecule is CNCCC=Cc1cc(C(=O)OC)c2cc[nH]c2c1. The van der Waals surface area contributed by atoms with Gasteiger partial charge in [-0.2, -0.15) is 0 Å². The molecule has 4 heteroatoms. The number of carbonyl (C=O) groups excluding carboxylic acids is 1. The smallest absolute Gasteiger partial charge is 0.338 e. The normalized spacial score (nSPS) is 11.3. The van der Waals surface area contributed by atoms with Gasteiger partial charge in [0.2, 0.25) is 0 Å². The Morgan fingerprint density at radius 2 is 2.32 bits per heavy atom. The third kappa shape index (κ3) is 3.03. The fourth-order valence-corrected chi connectivity index (χ4v) is 2.01. The van der Waals surface area contributed by atoms with Gasteiger partial charge in [-0.15, -0.1) is 0 Å². The molecule has 0 radical (unpaired) electrons. The molecule has 19 heavy (non-hydrogen) atoms. The number of carbonyl (C=O) groups is 1. The van der Waals surface area contributed by atoms with Crippen molar-refractivity contribution < 1.29 is 9.53 Å². The zero-order valence-corrected chi connectivity index (χ0v) is 11.2. The molecule has 0 aliphatic carbocycles. The van der Waals surface area contributed by atoms with Gasteiger partial charge in [-0.25, -0.2) is 4.79 Å². The van der Waals surface area contributed by atoms with Crippen LogP contribution in [0.3, 0.4) is 0 Å². The molecule has 2 aromatic rings. The maximum atomic E-state index is 11.8. The minimum atomic E-state index is -0.310. The zero-order valence-electron chi connectivity index (χ0n) is 11.2. The Kier molecular flexibility index (Phi) is 4.36. The van der Waals surface area contributed by atoms with Crippen LogP contribution in [0.1, 0.15) is 22.3 Å². The summed E-state index contributed by atoms with van der Waals surface area (Å²) in [6.07, 6.45) is 6.88. The van der Waals surface area contributed by atoms with Crippen LogP contribution in [0.15, 0.2) is 30.5 Å². The summed E-state index contributed by atoms with van der Waals surface area (Å²) in [6, 6.07) is 5.77. The number of ether oxygens (including phenoxy) is 1. The van der Waals surface area contributed by atoms with Crippen LogP contribution in [0.4, 0.5) is 0 Å². The minimum absolute atomic E-state index is 0.310. The Morgan fingerprint density at radius 1 is 1.47 bits per heavy atom. The number of benzene rings is 1. The summed E-state index contributed by atoms with van der Waals surface area (Å²) in [5.41, 5.74) is 2.53. The van der Waals surface area contributed by atoms with Gasteiger partial charge in [0.05, 0.1) is 12.7 Å². The molecular formula is C15H18N2O2. The summed E-state index contributed by atoms with van der Waals surface area (Å²) < 4.78 is 4.82. The van der Waals surface area contributed by atoms with Crippen molar-refractivity contribution in [3.05, 3.63) is 41.6 Å². The third-order valence-corrected chi connectivity index (χ3v) is 2.97. The summed E-state index contributed by atoms with van der Waals surface area (Å²) >= 11 is 0. The van der Waals surface area contributed by atoms with E-state index in [1.54, 1.807) is 0 Å². The first-order chi connectivity index (χ1) is 9.26. The molecule has 0 saturated heterocycles. The van der Waals surface area contributed by atoms with Crippen molar-refractivity contribution in [1.29, 1.82) is 0 Å².